The fourth-order valence-electron chi connectivity index (χ4n) is 3.01. The Balaban J connectivity index is 1.63. The summed E-state index contributed by atoms with van der Waals surface area (Å²) in [7, 11) is 3.21. The molecule has 2 aromatic carbocycles. The molecule has 1 aromatic heterocycles. The molecule has 1 N–H and O–H groups in total. The van der Waals surface area contributed by atoms with Crippen molar-refractivity contribution in [3.05, 3.63) is 59.4 Å². The van der Waals surface area contributed by atoms with Crippen LogP contribution in [0, 0.1) is 13.8 Å². The molecule has 0 atom stereocenters. The third kappa shape index (κ3) is 4.17. The van der Waals surface area contributed by atoms with Crippen LogP contribution in [0.25, 0.3) is 11.0 Å². The van der Waals surface area contributed by atoms with Crippen LogP contribution in [0.3, 0.4) is 0 Å². The van der Waals surface area contributed by atoms with Crippen molar-refractivity contribution in [1.29, 1.82) is 0 Å². The van der Waals surface area contributed by atoms with Crippen LogP contribution < -0.4 is 10.1 Å². The van der Waals surface area contributed by atoms with E-state index in [0.717, 1.165) is 27.8 Å². The Morgan fingerprint density at radius 3 is 2.71 bits per heavy atom. The van der Waals surface area contributed by atoms with E-state index in [2.05, 4.69) is 5.32 Å². The van der Waals surface area contributed by atoms with Crippen LogP contribution in [0.2, 0.25) is 0 Å². The van der Waals surface area contributed by atoms with Crippen LogP contribution >= 0.6 is 0 Å². The Kier molecular flexibility index (Phi) is 5.68. The number of likely N-dealkylation sites (N-methyl/N-ethyl adjacent to an activating group) is 1. The topological polar surface area (TPSA) is 71.8 Å². The average Bonchev–Trinajstić information content (AvgIpc) is 3.07. The monoisotopic (exact) mass is 380 g/mol. The minimum absolute atomic E-state index is 0.0180. The van der Waals surface area contributed by atoms with E-state index in [1.165, 1.54) is 4.90 Å². The molecule has 1 heterocycles. The van der Waals surface area contributed by atoms with Crippen LogP contribution in [0.15, 0.2) is 47.1 Å². The molecule has 0 fully saturated rings. The van der Waals surface area contributed by atoms with Gasteiger partial charge < -0.3 is 19.4 Å². The number of amides is 2. The summed E-state index contributed by atoms with van der Waals surface area (Å²) in [6.07, 6.45) is 1.73. The highest BCUT2D eigenvalue weighted by Crippen LogP contribution is 2.26. The predicted octanol–water partition coefficient (Wildman–Crippen LogP) is 3.70. The molecule has 0 bridgehead atoms. The molecule has 0 spiro atoms. The van der Waals surface area contributed by atoms with Gasteiger partial charge in [0.2, 0.25) is 11.8 Å². The molecule has 0 saturated heterocycles. The van der Waals surface area contributed by atoms with Gasteiger partial charge in [-0.15, -0.1) is 0 Å². The molecule has 0 saturated carbocycles. The van der Waals surface area contributed by atoms with Crippen LogP contribution in [-0.2, 0) is 16.0 Å². The van der Waals surface area contributed by atoms with E-state index in [4.69, 9.17) is 9.15 Å². The third-order valence-electron chi connectivity index (χ3n) is 4.89. The SMILES string of the molecule is COc1ccc2c(CC(=O)N(C)CC(=O)Nc3cccc(C)c3C)coc2c1. The molecule has 0 aliphatic rings. The standard InChI is InChI=1S/C22H24N2O4/c1-14-6-5-7-19(15(14)2)23-21(25)12-24(3)22(26)10-16-13-28-20-11-17(27-4)8-9-18(16)20/h5-9,11,13H,10,12H2,1-4H3,(H,23,25). The van der Waals surface area contributed by atoms with Gasteiger partial charge in [-0.05, 0) is 43.2 Å². The summed E-state index contributed by atoms with van der Waals surface area (Å²) in [6, 6.07) is 11.2. The number of carbonyl (C=O) groups excluding carboxylic acids is 2. The van der Waals surface area contributed by atoms with Gasteiger partial charge in [-0.1, -0.05) is 12.1 Å². The Hall–Kier alpha value is -3.28. The Labute approximate surface area is 164 Å². The Morgan fingerprint density at radius 2 is 1.96 bits per heavy atom. The number of methoxy groups -OCH3 is 1. The molecule has 6 heteroatoms. The first-order chi connectivity index (χ1) is 13.4. The summed E-state index contributed by atoms with van der Waals surface area (Å²) >= 11 is 0. The number of hydrogen-bond acceptors (Lipinski definition) is 4. The molecular weight excluding hydrogens is 356 g/mol. The van der Waals surface area contributed by atoms with Gasteiger partial charge in [0.15, 0.2) is 0 Å². The van der Waals surface area contributed by atoms with E-state index < -0.39 is 0 Å². The maximum absolute atomic E-state index is 12.6. The normalized spacial score (nSPS) is 10.7. The lowest BCUT2D eigenvalue weighted by Gasteiger charge is -2.17. The van der Waals surface area contributed by atoms with E-state index in [1.54, 1.807) is 26.5 Å². The van der Waals surface area contributed by atoms with Crippen molar-refractivity contribution in [3.63, 3.8) is 0 Å². The lowest BCUT2D eigenvalue weighted by Crippen LogP contribution is -2.35. The summed E-state index contributed by atoms with van der Waals surface area (Å²) in [5.74, 6) is 0.306. The number of anilines is 1. The van der Waals surface area contributed by atoms with Crippen molar-refractivity contribution in [2.45, 2.75) is 20.3 Å². The molecule has 0 unspecified atom stereocenters. The molecule has 0 aliphatic heterocycles. The lowest BCUT2D eigenvalue weighted by molar-refractivity contribution is -0.132. The van der Waals surface area contributed by atoms with E-state index >= 15 is 0 Å². The molecule has 146 valence electrons. The van der Waals surface area contributed by atoms with Gasteiger partial charge in [0.1, 0.15) is 11.3 Å². The largest absolute Gasteiger partial charge is 0.497 e. The number of hydrogen-bond donors (Lipinski definition) is 1. The average molecular weight is 380 g/mol. The Morgan fingerprint density at radius 1 is 1.18 bits per heavy atom. The molecule has 0 aliphatic carbocycles. The van der Waals surface area contributed by atoms with E-state index in [9.17, 15) is 9.59 Å². The zero-order valence-electron chi connectivity index (χ0n) is 16.5. The smallest absolute Gasteiger partial charge is 0.243 e. The number of rotatable bonds is 6. The maximum Gasteiger partial charge on any atom is 0.243 e. The second-order valence-corrected chi connectivity index (χ2v) is 6.85. The van der Waals surface area contributed by atoms with Gasteiger partial charge in [-0.3, -0.25) is 9.59 Å². The van der Waals surface area contributed by atoms with Crippen molar-refractivity contribution < 1.29 is 18.7 Å². The fraction of sp³-hybridized carbons (Fsp3) is 0.273. The molecular formula is C22H24N2O4. The maximum atomic E-state index is 12.6. The van der Waals surface area contributed by atoms with Crippen molar-refractivity contribution >= 4 is 28.5 Å². The van der Waals surface area contributed by atoms with Gasteiger partial charge in [0.25, 0.3) is 0 Å². The highest BCUT2D eigenvalue weighted by Gasteiger charge is 2.17. The summed E-state index contributed by atoms with van der Waals surface area (Å²) in [5, 5.41) is 3.74. The first-order valence-electron chi connectivity index (χ1n) is 9.03. The first-order valence-corrected chi connectivity index (χ1v) is 9.03. The van der Waals surface area contributed by atoms with Crippen molar-refractivity contribution in [1.82, 2.24) is 4.90 Å². The molecule has 3 aromatic rings. The molecule has 0 radical (unpaired) electrons. The number of benzene rings is 2. The number of nitrogens with one attached hydrogen (secondary N) is 1. The number of nitrogens with zero attached hydrogens (tertiary/aromatic N) is 1. The zero-order valence-corrected chi connectivity index (χ0v) is 16.5. The van der Waals surface area contributed by atoms with Crippen LogP contribution in [0.1, 0.15) is 16.7 Å². The predicted molar refractivity (Wildman–Crippen MR) is 109 cm³/mol. The fourth-order valence-corrected chi connectivity index (χ4v) is 3.01. The number of furan rings is 1. The van der Waals surface area contributed by atoms with Crippen molar-refractivity contribution in [3.8, 4) is 5.75 Å². The van der Waals surface area contributed by atoms with Crippen LogP contribution in [0.5, 0.6) is 5.75 Å². The van der Waals surface area contributed by atoms with E-state index in [-0.39, 0.29) is 24.8 Å². The van der Waals surface area contributed by atoms with Gasteiger partial charge in [-0.25, -0.2) is 0 Å². The van der Waals surface area contributed by atoms with Crippen molar-refractivity contribution in [2.75, 3.05) is 26.0 Å². The lowest BCUT2D eigenvalue weighted by atomic mass is 10.1. The second kappa shape index (κ2) is 8.17. The minimum atomic E-state index is -0.230. The summed E-state index contributed by atoms with van der Waals surface area (Å²) in [4.78, 5) is 26.3. The van der Waals surface area contributed by atoms with Gasteiger partial charge in [-0.2, -0.15) is 0 Å². The van der Waals surface area contributed by atoms with Gasteiger partial charge in [0.05, 0.1) is 26.3 Å². The minimum Gasteiger partial charge on any atom is -0.497 e. The van der Waals surface area contributed by atoms with Crippen LogP contribution in [-0.4, -0.2) is 37.4 Å². The molecule has 2 amide bonds. The summed E-state index contributed by atoms with van der Waals surface area (Å²) in [6.45, 7) is 3.93. The van der Waals surface area contributed by atoms with Crippen LogP contribution in [0.4, 0.5) is 5.69 Å². The third-order valence-corrected chi connectivity index (χ3v) is 4.89. The molecule has 3 rings (SSSR count). The zero-order chi connectivity index (χ0) is 20.3. The number of ether oxygens (including phenoxy) is 1. The molecule has 6 nitrogen and oxygen atoms in total. The first kappa shape index (κ1) is 19.5. The number of carbonyl (C=O) groups is 2. The van der Waals surface area contributed by atoms with Crippen molar-refractivity contribution in [2.24, 2.45) is 0 Å². The number of fused-ring (bicyclic) bond motifs is 1. The highest BCUT2D eigenvalue weighted by molar-refractivity contribution is 5.96. The van der Waals surface area contributed by atoms with E-state index in [0.29, 0.717) is 11.3 Å². The van der Waals surface area contributed by atoms with E-state index in [1.807, 2.05) is 44.2 Å². The van der Waals surface area contributed by atoms with Gasteiger partial charge >= 0.3 is 0 Å². The molecule has 28 heavy (non-hydrogen) atoms. The highest BCUT2D eigenvalue weighted by atomic mass is 16.5. The second-order valence-electron chi connectivity index (χ2n) is 6.85. The summed E-state index contributed by atoms with van der Waals surface area (Å²) in [5.41, 5.74) is 4.33. The Bertz CT molecular complexity index is 1020. The number of aryl methyl sites for hydroxylation is 1. The van der Waals surface area contributed by atoms with Gasteiger partial charge in [0, 0.05) is 29.8 Å². The quantitative estimate of drug-likeness (QED) is 0.708. The summed E-state index contributed by atoms with van der Waals surface area (Å²) < 4.78 is 10.7.